The lowest BCUT2D eigenvalue weighted by Crippen LogP contribution is -2.23. The Morgan fingerprint density at radius 1 is 1.55 bits per heavy atom. The molecule has 3 rings (SSSR count). The van der Waals surface area contributed by atoms with Crippen molar-refractivity contribution in [1.29, 1.82) is 0 Å². The van der Waals surface area contributed by atoms with Crippen molar-refractivity contribution in [2.24, 2.45) is 17.3 Å². The van der Waals surface area contributed by atoms with Crippen LogP contribution in [0.2, 0.25) is 0 Å². The van der Waals surface area contributed by atoms with E-state index < -0.39 is 0 Å². The second-order valence-corrected chi connectivity index (χ2v) is 7.19. The Hall–Kier alpha value is -1.58. The van der Waals surface area contributed by atoms with Crippen molar-refractivity contribution in [3.63, 3.8) is 0 Å². The first-order valence-electron chi connectivity index (χ1n) is 8.12. The third-order valence-corrected chi connectivity index (χ3v) is 5.55. The summed E-state index contributed by atoms with van der Waals surface area (Å²) in [6.45, 7) is 8.01. The number of fused-ring (bicyclic) bond motifs is 3. The van der Waals surface area contributed by atoms with Gasteiger partial charge in [0.25, 0.3) is 0 Å². The van der Waals surface area contributed by atoms with Gasteiger partial charge in [0.15, 0.2) is 0 Å². The number of carbonyl (C=O) groups is 2. The van der Waals surface area contributed by atoms with E-state index in [2.05, 4.69) is 19.6 Å². The molecule has 0 N–H and O–H groups in total. The number of carbonyl (C=O) groups excluding carboxylic acids is 2. The van der Waals surface area contributed by atoms with Gasteiger partial charge in [0.05, 0.1) is 0 Å². The largest absolute Gasteiger partial charge is 0.461 e. The van der Waals surface area contributed by atoms with Gasteiger partial charge in [0, 0.05) is 24.3 Å². The molecule has 4 atom stereocenters. The summed E-state index contributed by atoms with van der Waals surface area (Å²) in [6.07, 6.45) is 7.09. The fourth-order valence-electron chi connectivity index (χ4n) is 3.95. The molecule has 0 radical (unpaired) electrons. The van der Waals surface area contributed by atoms with Gasteiger partial charge >= 0.3 is 11.9 Å². The summed E-state index contributed by atoms with van der Waals surface area (Å²) in [7, 11) is 0. The number of ether oxygens (including phenoxy) is 2. The van der Waals surface area contributed by atoms with Gasteiger partial charge in [0.2, 0.25) is 0 Å². The fraction of sp³-hybridized carbons (Fsp3) is 0.667. The molecule has 3 aliphatic rings. The number of rotatable bonds is 2. The van der Waals surface area contributed by atoms with Gasteiger partial charge in [-0.15, -0.1) is 0 Å². The highest BCUT2D eigenvalue weighted by Gasteiger charge is 2.59. The number of esters is 2. The summed E-state index contributed by atoms with van der Waals surface area (Å²) in [5.41, 5.74) is 2.03. The maximum Gasteiger partial charge on any atom is 0.334 e. The van der Waals surface area contributed by atoms with Gasteiger partial charge in [-0.25, -0.2) is 4.79 Å². The Kier molecular flexibility index (Phi) is 3.87. The van der Waals surface area contributed by atoms with Crippen LogP contribution in [0.15, 0.2) is 23.8 Å². The SMILES string of the molecule is C=C1C(=O)O[C@@H]2C3CC3(C)CC/C=C(/COC(C)=O)CC[C@@H]12. The molecule has 0 aromatic heterocycles. The van der Waals surface area contributed by atoms with E-state index >= 15 is 0 Å². The Labute approximate surface area is 131 Å². The van der Waals surface area contributed by atoms with E-state index in [4.69, 9.17) is 9.47 Å². The maximum absolute atomic E-state index is 11.9. The molecule has 1 heterocycles. The highest BCUT2D eigenvalue weighted by Crippen LogP contribution is 2.61. The summed E-state index contributed by atoms with van der Waals surface area (Å²) < 4.78 is 10.8. The van der Waals surface area contributed by atoms with E-state index in [1.54, 1.807) is 0 Å². The molecule has 4 heteroatoms. The van der Waals surface area contributed by atoms with Crippen LogP contribution in [0.5, 0.6) is 0 Å². The predicted molar refractivity (Wildman–Crippen MR) is 81.9 cm³/mol. The van der Waals surface area contributed by atoms with E-state index in [-0.39, 0.29) is 29.4 Å². The van der Waals surface area contributed by atoms with Gasteiger partial charge in [0.1, 0.15) is 12.7 Å². The first-order chi connectivity index (χ1) is 10.4. The van der Waals surface area contributed by atoms with E-state index in [1.165, 1.54) is 6.92 Å². The summed E-state index contributed by atoms with van der Waals surface area (Å²) in [5.74, 6) is 0.102. The van der Waals surface area contributed by atoms with Crippen LogP contribution in [0.1, 0.15) is 46.0 Å². The average molecular weight is 304 g/mol. The highest BCUT2D eigenvalue weighted by atomic mass is 16.6. The third-order valence-electron chi connectivity index (χ3n) is 5.55. The minimum Gasteiger partial charge on any atom is -0.461 e. The Balaban J connectivity index is 1.76. The van der Waals surface area contributed by atoms with Crippen LogP contribution in [0.3, 0.4) is 0 Å². The summed E-state index contributed by atoms with van der Waals surface area (Å²) >= 11 is 0. The van der Waals surface area contributed by atoms with E-state index in [0.717, 1.165) is 37.7 Å². The molecular weight excluding hydrogens is 280 g/mol. The summed E-state index contributed by atoms with van der Waals surface area (Å²) in [5, 5.41) is 0. The standard InChI is InChI=1S/C18H24O4/c1-11-14-7-6-13(10-21-12(2)19)5-4-8-18(3)9-15(18)16(14)22-17(11)20/h5,14-16H,1,4,6-10H2,2-3H3/b13-5+/t14-,15?,16-,18?/m0/s1. The van der Waals surface area contributed by atoms with Crippen LogP contribution >= 0.6 is 0 Å². The van der Waals surface area contributed by atoms with Gasteiger partial charge in [-0.1, -0.05) is 19.6 Å². The molecule has 4 nitrogen and oxygen atoms in total. The lowest BCUT2D eigenvalue weighted by Gasteiger charge is -2.22. The molecule has 0 aromatic rings. The quantitative estimate of drug-likeness (QED) is 0.447. The van der Waals surface area contributed by atoms with Crippen LogP contribution in [-0.2, 0) is 19.1 Å². The minimum atomic E-state index is -0.256. The monoisotopic (exact) mass is 304 g/mol. The lowest BCUT2D eigenvalue weighted by atomic mass is 9.84. The van der Waals surface area contributed by atoms with E-state index in [1.807, 2.05) is 0 Å². The Bertz CT molecular complexity index is 547. The van der Waals surface area contributed by atoms with Crippen molar-refractivity contribution < 1.29 is 19.1 Å². The van der Waals surface area contributed by atoms with E-state index in [9.17, 15) is 9.59 Å². The Morgan fingerprint density at radius 2 is 2.32 bits per heavy atom. The van der Waals surface area contributed by atoms with E-state index in [0.29, 0.717) is 18.1 Å². The van der Waals surface area contributed by atoms with Gasteiger partial charge in [-0.05, 0) is 43.1 Å². The molecule has 2 unspecified atom stereocenters. The van der Waals surface area contributed by atoms with Gasteiger partial charge in [-0.2, -0.15) is 0 Å². The molecule has 0 aromatic carbocycles. The maximum atomic E-state index is 11.9. The zero-order chi connectivity index (χ0) is 15.9. The Morgan fingerprint density at radius 3 is 3.05 bits per heavy atom. The highest BCUT2D eigenvalue weighted by molar-refractivity contribution is 5.90. The van der Waals surface area contributed by atoms with Crippen LogP contribution < -0.4 is 0 Å². The van der Waals surface area contributed by atoms with Crippen molar-refractivity contribution in [3.05, 3.63) is 23.8 Å². The minimum absolute atomic E-state index is 0.00178. The number of allylic oxidation sites excluding steroid dienone is 1. The molecule has 2 aliphatic carbocycles. The van der Waals surface area contributed by atoms with Crippen LogP contribution in [0.4, 0.5) is 0 Å². The first-order valence-corrected chi connectivity index (χ1v) is 8.12. The third kappa shape index (κ3) is 2.83. The van der Waals surface area contributed by atoms with Gasteiger partial charge < -0.3 is 9.47 Å². The molecule has 0 amide bonds. The zero-order valence-electron chi connectivity index (χ0n) is 13.4. The molecular formula is C18H24O4. The van der Waals surface area contributed by atoms with Crippen molar-refractivity contribution in [2.75, 3.05) is 6.61 Å². The summed E-state index contributed by atoms with van der Waals surface area (Å²) in [6, 6.07) is 0. The first kappa shape index (κ1) is 15.3. The van der Waals surface area contributed by atoms with Crippen molar-refractivity contribution in [1.82, 2.24) is 0 Å². The van der Waals surface area contributed by atoms with Crippen LogP contribution in [0.25, 0.3) is 0 Å². The molecule has 0 spiro atoms. The average Bonchev–Trinajstić information content (AvgIpc) is 3.04. The zero-order valence-corrected chi connectivity index (χ0v) is 13.4. The molecule has 1 saturated heterocycles. The van der Waals surface area contributed by atoms with Crippen molar-refractivity contribution >= 4 is 11.9 Å². The number of hydrogen-bond acceptors (Lipinski definition) is 4. The molecule has 2 fully saturated rings. The molecule has 22 heavy (non-hydrogen) atoms. The molecule has 0 bridgehead atoms. The second kappa shape index (κ2) is 5.56. The fourth-order valence-corrected chi connectivity index (χ4v) is 3.95. The number of hydrogen-bond donors (Lipinski definition) is 0. The second-order valence-electron chi connectivity index (χ2n) is 7.19. The smallest absolute Gasteiger partial charge is 0.334 e. The summed E-state index contributed by atoms with van der Waals surface area (Å²) in [4.78, 5) is 22.9. The molecule has 1 aliphatic heterocycles. The van der Waals surface area contributed by atoms with Crippen LogP contribution in [-0.4, -0.2) is 24.6 Å². The van der Waals surface area contributed by atoms with Crippen molar-refractivity contribution in [2.45, 2.75) is 52.1 Å². The molecule has 1 saturated carbocycles. The van der Waals surface area contributed by atoms with Gasteiger partial charge in [-0.3, -0.25) is 4.79 Å². The van der Waals surface area contributed by atoms with Crippen LogP contribution in [0, 0.1) is 17.3 Å². The normalized spacial score (nSPS) is 39.9. The lowest BCUT2D eigenvalue weighted by molar-refractivity contribution is -0.141. The molecule has 120 valence electrons. The predicted octanol–water partition coefficient (Wildman–Crippen LogP) is 3.17. The van der Waals surface area contributed by atoms with Crippen molar-refractivity contribution in [3.8, 4) is 0 Å². The topological polar surface area (TPSA) is 52.6 Å².